The molecule has 1 aromatic rings. The van der Waals surface area contributed by atoms with Crippen molar-refractivity contribution in [2.24, 2.45) is 9.98 Å². The molecule has 4 nitrogen and oxygen atoms in total. The molecule has 0 bridgehead atoms. The summed E-state index contributed by atoms with van der Waals surface area (Å²) in [6.45, 7) is 0.527. The average Bonchev–Trinajstić information content (AvgIpc) is 2.67. The number of dihydropyridines is 1. The van der Waals surface area contributed by atoms with E-state index in [1.54, 1.807) is 18.3 Å². The fraction of sp³-hybridized carbons (Fsp3) is 0.0833. The van der Waals surface area contributed by atoms with Crippen molar-refractivity contribution in [3.05, 3.63) is 35.4 Å². The predicted molar refractivity (Wildman–Crippen MR) is 61.8 cm³/mol. The van der Waals surface area contributed by atoms with Crippen LogP contribution in [0.3, 0.4) is 0 Å². The van der Waals surface area contributed by atoms with E-state index in [1.807, 2.05) is 12.1 Å². The van der Waals surface area contributed by atoms with E-state index >= 15 is 0 Å². The topological polar surface area (TPSA) is 62.0 Å². The van der Waals surface area contributed by atoms with E-state index < -0.39 is 5.97 Å². The molecule has 1 N–H and O–H groups in total. The van der Waals surface area contributed by atoms with E-state index in [1.165, 1.54) is 0 Å². The summed E-state index contributed by atoms with van der Waals surface area (Å²) in [7, 11) is 0. The number of fused-ring (bicyclic) bond motifs is 3. The average molecular weight is 212 g/mol. The molecule has 78 valence electrons. The fourth-order valence-corrected chi connectivity index (χ4v) is 1.98. The lowest BCUT2D eigenvalue weighted by Crippen LogP contribution is -2.05. The number of carboxylic acid groups (broad SMARTS) is 1. The van der Waals surface area contributed by atoms with Gasteiger partial charge < -0.3 is 5.11 Å². The zero-order valence-corrected chi connectivity index (χ0v) is 8.34. The molecule has 16 heavy (non-hydrogen) atoms. The van der Waals surface area contributed by atoms with Gasteiger partial charge in [0.2, 0.25) is 0 Å². The summed E-state index contributed by atoms with van der Waals surface area (Å²) >= 11 is 0. The third-order valence-corrected chi connectivity index (χ3v) is 2.70. The zero-order valence-electron chi connectivity index (χ0n) is 8.34. The first-order chi connectivity index (χ1) is 7.77. The molecule has 0 unspecified atom stereocenters. The lowest BCUT2D eigenvalue weighted by atomic mass is 9.99. The molecule has 1 aromatic carbocycles. The summed E-state index contributed by atoms with van der Waals surface area (Å²) in [6, 6.07) is 5.21. The summed E-state index contributed by atoms with van der Waals surface area (Å²) in [5.74, 6) is -0.943. The van der Waals surface area contributed by atoms with E-state index in [4.69, 9.17) is 5.11 Å². The van der Waals surface area contributed by atoms with Gasteiger partial charge in [-0.15, -0.1) is 0 Å². The number of aromatic carboxylic acids is 1. The minimum absolute atomic E-state index is 0.250. The minimum Gasteiger partial charge on any atom is -0.478 e. The molecule has 0 radical (unpaired) electrons. The quantitative estimate of drug-likeness (QED) is 0.773. The second-order valence-electron chi connectivity index (χ2n) is 3.64. The van der Waals surface area contributed by atoms with E-state index in [9.17, 15) is 4.79 Å². The Morgan fingerprint density at radius 3 is 3.06 bits per heavy atom. The van der Waals surface area contributed by atoms with Crippen LogP contribution in [0.25, 0.3) is 5.57 Å². The van der Waals surface area contributed by atoms with Crippen LogP contribution in [0.5, 0.6) is 0 Å². The van der Waals surface area contributed by atoms with Crippen molar-refractivity contribution in [3.8, 4) is 0 Å². The van der Waals surface area contributed by atoms with Gasteiger partial charge in [-0.1, -0.05) is 12.1 Å². The molecule has 4 heteroatoms. The third kappa shape index (κ3) is 1.13. The Bertz CT molecular complexity index is 583. The zero-order chi connectivity index (χ0) is 11.1. The molecule has 2 aliphatic rings. The maximum Gasteiger partial charge on any atom is 0.337 e. The highest BCUT2D eigenvalue weighted by atomic mass is 16.4. The monoisotopic (exact) mass is 212 g/mol. The van der Waals surface area contributed by atoms with Gasteiger partial charge in [0.15, 0.2) is 0 Å². The van der Waals surface area contributed by atoms with Crippen LogP contribution in [-0.4, -0.2) is 29.5 Å². The van der Waals surface area contributed by atoms with Gasteiger partial charge in [0.25, 0.3) is 0 Å². The molecule has 0 fully saturated rings. The van der Waals surface area contributed by atoms with Gasteiger partial charge in [0.05, 0.1) is 23.5 Å². The van der Waals surface area contributed by atoms with Crippen molar-refractivity contribution in [1.82, 2.24) is 0 Å². The van der Waals surface area contributed by atoms with Gasteiger partial charge in [0.1, 0.15) is 0 Å². The molecule has 3 rings (SSSR count). The molecule has 0 aromatic heterocycles. The third-order valence-electron chi connectivity index (χ3n) is 2.70. The van der Waals surface area contributed by atoms with Crippen LogP contribution in [0.2, 0.25) is 0 Å². The smallest absolute Gasteiger partial charge is 0.337 e. The van der Waals surface area contributed by atoms with Crippen molar-refractivity contribution in [2.45, 2.75) is 0 Å². The molecular formula is C12H8N2O2. The number of nitrogens with zero attached hydrogens (tertiary/aromatic N) is 2. The standard InChI is InChI=1S/C12H8N2O2/c15-12(16)9-3-1-2-8-7-4-5-13-6-10(7)14-11(8)9/h1-5H,6H2,(H,15,16). The molecule has 0 spiro atoms. The molecule has 0 saturated carbocycles. The van der Waals surface area contributed by atoms with Crippen LogP contribution in [0.15, 0.2) is 34.3 Å². The lowest BCUT2D eigenvalue weighted by Gasteiger charge is -2.05. The van der Waals surface area contributed by atoms with Crippen LogP contribution in [0.1, 0.15) is 15.9 Å². The predicted octanol–water partition coefficient (Wildman–Crippen LogP) is 1.94. The van der Waals surface area contributed by atoms with Crippen LogP contribution >= 0.6 is 0 Å². The second-order valence-corrected chi connectivity index (χ2v) is 3.64. The number of benzene rings is 1. The number of carboxylic acids is 1. The van der Waals surface area contributed by atoms with E-state index in [2.05, 4.69) is 9.98 Å². The minimum atomic E-state index is -0.943. The van der Waals surface area contributed by atoms with Gasteiger partial charge in [-0.05, 0) is 12.1 Å². The number of aliphatic imine (C=N–C) groups is 2. The van der Waals surface area contributed by atoms with Crippen LogP contribution in [0, 0.1) is 0 Å². The first kappa shape index (κ1) is 9.03. The van der Waals surface area contributed by atoms with Gasteiger partial charge >= 0.3 is 5.97 Å². The van der Waals surface area contributed by atoms with Crippen molar-refractivity contribution in [2.75, 3.05) is 6.54 Å². The largest absolute Gasteiger partial charge is 0.478 e. The lowest BCUT2D eigenvalue weighted by molar-refractivity contribution is 0.0698. The maximum absolute atomic E-state index is 11.0. The van der Waals surface area contributed by atoms with Crippen molar-refractivity contribution >= 4 is 29.2 Å². The van der Waals surface area contributed by atoms with Gasteiger partial charge in [-0.3, -0.25) is 4.99 Å². The summed E-state index contributed by atoms with van der Waals surface area (Å²) in [5, 5.41) is 9.06. The normalized spacial score (nSPS) is 16.2. The number of rotatable bonds is 1. The van der Waals surface area contributed by atoms with Crippen molar-refractivity contribution < 1.29 is 9.90 Å². The molecule has 2 heterocycles. The first-order valence-corrected chi connectivity index (χ1v) is 4.92. The van der Waals surface area contributed by atoms with Gasteiger partial charge in [-0.2, -0.15) is 0 Å². The van der Waals surface area contributed by atoms with Crippen LogP contribution in [0.4, 0.5) is 5.69 Å². The van der Waals surface area contributed by atoms with Gasteiger partial charge in [-0.25, -0.2) is 9.79 Å². The highest BCUT2D eigenvalue weighted by Gasteiger charge is 2.25. The highest BCUT2D eigenvalue weighted by Crippen LogP contribution is 2.38. The Morgan fingerprint density at radius 2 is 2.25 bits per heavy atom. The van der Waals surface area contributed by atoms with Gasteiger partial charge in [0, 0.05) is 17.4 Å². The molecular weight excluding hydrogens is 204 g/mol. The first-order valence-electron chi connectivity index (χ1n) is 4.92. The second kappa shape index (κ2) is 3.13. The highest BCUT2D eigenvalue weighted by molar-refractivity contribution is 6.33. The number of allylic oxidation sites excluding steroid dienone is 1. The summed E-state index contributed by atoms with van der Waals surface area (Å²) in [6.07, 6.45) is 3.61. The summed E-state index contributed by atoms with van der Waals surface area (Å²) in [5.41, 5.74) is 3.54. The van der Waals surface area contributed by atoms with Crippen LogP contribution < -0.4 is 0 Å². The number of hydrogen-bond acceptors (Lipinski definition) is 3. The van der Waals surface area contributed by atoms with E-state index in [0.29, 0.717) is 12.2 Å². The van der Waals surface area contributed by atoms with Crippen molar-refractivity contribution in [1.29, 1.82) is 0 Å². The van der Waals surface area contributed by atoms with E-state index in [-0.39, 0.29) is 5.56 Å². The number of carbonyl (C=O) groups is 1. The Balaban J connectivity index is 2.26. The Hall–Kier alpha value is -2.23. The Labute approximate surface area is 91.7 Å². The van der Waals surface area contributed by atoms with E-state index in [0.717, 1.165) is 16.8 Å². The molecule has 2 aliphatic heterocycles. The maximum atomic E-state index is 11.0. The van der Waals surface area contributed by atoms with Crippen molar-refractivity contribution in [3.63, 3.8) is 0 Å². The Morgan fingerprint density at radius 1 is 1.38 bits per heavy atom. The number of para-hydroxylation sites is 1. The fourth-order valence-electron chi connectivity index (χ4n) is 1.98. The Kier molecular flexibility index (Phi) is 1.77. The molecule has 0 aliphatic carbocycles. The SMILES string of the molecule is O=C(O)c1cccc2c1N=C1CN=CC=C12. The van der Waals surface area contributed by atoms with Crippen LogP contribution in [-0.2, 0) is 0 Å². The molecule has 0 saturated heterocycles. The number of hydrogen-bond donors (Lipinski definition) is 1. The molecule has 0 atom stereocenters. The molecule has 0 amide bonds. The summed E-state index contributed by atoms with van der Waals surface area (Å²) in [4.78, 5) is 19.5. The summed E-state index contributed by atoms with van der Waals surface area (Å²) < 4.78 is 0.